The minimum atomic E-state index is -0.897. The van der Waals surface area contributed by atoms with Gasteiger partial charge >= 0.3 is 5.97 Å². The first-order chi connectivity index (χ1) is 8.57. The fourth-order valence-corrected chi connectivity index (χ4v) is 1.31. The van der Waals surface area contributed by atoms with E-state index in [0.29, 0.717) is 32.5 Å². The molecule has 0 radical (unpaired) electrons. The summed E-state index contributed by atoms with van der Waals surface area (Å²) in [6.45, 7) is 1.76. The molecule has 8 nitrogen and oxygen atoms in total. The zero-order valence-electron chi connectivity index (χ0n) is 10.6. The van der Waals surface area contributed by atoms with Crippen molar-refractivity contribution in [3.63, 3.8) is 0 Å². The summed E-state index contributed by atoms with van der Waals surface area (Å²) in [6.07, 6.45) is 2.88. The fraction of sp³-hybridized carbons (Fsp3) is 0.800. The van der Waals surface area contributed by atoms with E-state index in [1.807, 2.05) is 0 Å². The molecule has 0 aliphatic heterocycles. The number of carboxylic acid groups (broad SMARTS) is 1. The molecule has 0 spiro atoms. The van der Waals surface area contributed by atoms with Crippen LogP contribution >= 0.6 is 0 Å². The third-order valence-electron chi connectivity index (χ3n) is 2.28. The molecule has 1 atom stereocenters. The van der Waals surface area contributed by atoms with Crippen LogP contribution < -0.4 is 28.1 Å². The Morgan fingerprint density at radius 3 is 2.56 bits per heavy atom. The molecular formula is C10H24N6O2. The Bertz CT molecular complexity index is 255. The molecule has 0 fully saturated rings. The van der Waals surface area contributed by atoms with Crippen LogP contribution in [0.4, 0.5) is 0 Å². The Balaban J connectivity index is 3.72. The zero-order chi connectivity index (χ0) is 13.8. The van der Waals surface area contributed by atoms with Gasteiger partial charge in [-0.15, -0.1) is 0 Å². The van der Waals surface area contributed by atoms with Crippen LogP contribution in [0.3, 0.4) is 0 Å². The first-order valence-electron chi connectivity index (χ1n) is 6.04. The second-order valence-electron chi connectivity index (χ2n) is 3.91. The molecule has 18 heavy (non-hydrogen) atoms. The molecule has 0 amide bonds. The van der Waals surface area contributed by atoms with Gasteiger partial charge in [-0.3, -0.25) is 15.2 Å². The Labute approximate surface area is 107 Å². The number of aliphatic carboxylic acids is 1. The van der Waals surface area contributed by atoms with E-state index < -0.39 is 12.0 Å². The number of hydrogen-bond acceptors (Lipinski definition) is 5. The SMILES string of the molecule is NCCCCNN[C@@H](CCCN=C(N)N)C(=O)O. The Kier molecular flexibility index (Phi) is 9.93. The predicted molar refractivity (Wildman–Crippen MR) is 70.8 cm³/mol. The Morgan fingerprint density at radius 2 is 2.00 bits per heavy atom. The van der Waals surface area contributed by atoms with Crippen molar-refractivity contribution in [2.45, 2.75) is 31.7 Å². The van der Waals surface area contributed by atoms with Gasteiger partial charge in [0.15, 0.2) is 5.96 Å². The standard InChI is InChI=1S/C10H24N6O2/c11-5-1-2-7-15-16-8(9(17)18)4-3-6-14-10(12)13/h8,15-16H,1-7,11H2,(H,17,18)(H4,12,13,14)/t8-/m0/s1. The first kappa shape index (κ1) is 16.6. The van der Waals surface area contributed by atoms with Crippen LogP contribution in [0.1, 0.15) is 25.7 Å². The second-order valence-corrected chi connectivity index (χ2v) is 3.91. The van der Waals surface area contributed by atoms with Crippen molar-refractivity contribution in [3.05, 3.63) is 0 Å². The van der Waals surface area contributed by atoms with Crippen LogP contribution in [-0.2, 0) is 4.79 Å². The van der Waals surface area contributed by atoms with Gasteiger partial charge in [0.05, 0.1) is 0 Å². The summed E-state index contributed by atoms with van der Waals surface area (Å²) in [6, 6.07) is -0.642. The number of nitrogens with two attached hydrogens (primary N) is 3. The molecule has 0 aromatic heterocycles. The first-order valence-corrected chi connectivity index (χ1v) is 6.04. The second kappa shape index (κ2) is 10.8. The number of nitrogens with one attached hydrogen (secondary N) is 2. The lowest BCUT2D eigenvalue weighted by Gasteiger charge is -2.14. The van der Waals surface area contributed by atoms with Crippen LogP contribution in [0.2, 0.25) is 0 Å². The number of carboxylic acids is 1. The Hall–Kier alpha value is -1.38. The molecule has 0 aromatic carbocycles. The number of guanidine groups is 1. The highest BCUT2D eigenvalue weighted by atomic mass is 16.4. The number of hydrogen-bond donors (Lipinski definition) is 6. The third kappa shape index (κ3) is 9.82. The van der Waals surface area contributed by atoms with Crippen molar-refractivity contribution in [2.24, 2.45) is 22.2 Å². The maximum Gasteiger partial charge on any atom is 0.322 e. The molecule has 0 aromatic rings. The van der Waals surface area contributed by atoms with E-state index in [9.17, 15) is 4.79 Å². The van der Waals surface area contributed by atoms with Gasteiger partial charge in [-0.2, -0.15) is 0 Å². The van der Waals surface area contributed by atoms with E-state index in [1.165, 1.54) is 0 Å². The van der Waals surface area contributed by atoms with Gasteiger partial charge in [-0.05, 0) is 32.2 Å². The maximum atomic E-state index is 10.9. The molecule has 0 rings (SSSR count). The lowest BCUT2D eigenvalue weighted by atomic mass is 10.1. The van der Waals surface area contributed by atoms with Crippen molar-refractivity contribution < 1.29 is 9.90 Å². The van der Waals surface area contributed by atoms with Crippen molar-refractivity contribution >= 4 is 11.9 Å². The molecule has 0 aliphatic rings. The quantitative estimate of drug-likeness (QED) is 0.112. The average Bonchev–Trinajstić information content (AvgIpc) is 2.30. The van der Waals surface area contributed by atoms with Crippen molar-refractivity contribution in [1.82, 2.24) is 10.9 Å². The van der Waals surface area contributed by atoms with Crippen LogP contribution in [0.5, 0.6) is 0 Å². The summed E-state index contributed by atoms with van der Waals surface area (Å²) in [5, 5.41) is 8.98. The summed E-state index contributed by atoms with van der Waals surface area (Å²) in [5.74, 6) is -0.874. The summed E-state index contributed by atoms with van der Waals surface area (Å²) in [4.78, 5) is 14.7. The summed E-state index contributed by atoms with van der Waals surface area (Å²) in [5.41, 5.74) is 21.3. The van der Waals surface area contributed by atoms with E-state index in [4.69, 9.17) is 22.3 Å². The molecule has 0 bridgehead atoms. The van der Waals surface area contributed by atoms with Crippen LogP contribution in [-0.4, -0.2) is 42.7 Å². The highest BCUT2D eigenvalue weighted by Crippen LogP contribution is 1.97. The van der Waals surface area contributed by atoms with Crippen molar-refractivity contribution in [2.75, 3.05) is 19.6 Å². The Morgan fingerprint density at radius 1 is 1.28 bits per heavy atom. The van der Waals surface area contributed by atoms with Gasteiger partial charge in [0.25, 0.3) is 0 Å². The van der Waals surface area contributed by atoms with Crippen molar-refractivity contribution in [3.8, 4) is 0 Å². The molecule has 0 aliphatic carbocycles. The van der Waals surface area contributed by atoms with Gasteiger partial charge in [-0.25, -0.2) is 5.43 Å². The van der Waals surface area contributed by atoms with Crippen LogP contribution in [0, 0.1) is 0 Å². The number of aliphatic imine (C=N–C) groups is 1. The molecule has 9 N–H and O–H groups in total. The van der Waals surface area contributed by atoms with Gasteiger partial charge in [0, 0.05) is 13.1 Å². The normalized spacial score (nSPS) is 12.1. The molecule has 0 unspecified atom stereocenters. The van der Waals surface area contributed by atoms with E-state index >= 15 is 0 Å². The summed E-state index contributed by atoms with van der Waals surface area (Å²) < 4.78 is 0. The molecule has 8 heteroatoms. The molecule has 0 heterocycles. The number of carbonyl (C=O) groups is 1. The molecular weight excluding hydrogens is 236 g/mol. The van der Waals surface area contributed by atoms with E-state index in [2.05, 4.69) is 15.8 Å². The smallest absolute Gasteiger partial charge is 0.322 e. The zero-order valence-corrected chi connectivity index (χ0v) is 10.6. The number of rotatable bonds is 11. The van der Waals surface area contributed by atoms with Crippen LogP contribution in [0.15, 0.2) is 4.99 Å². The van der Waals surface area contributed by atoms with Crippen LogP contribution in [0.25, 0.3) is 0 Å². The largest absolute Gasteiger partial charge is 0.480 e. The fourth-order valence-electron chi connectivity index (χ4n) is 1.31. The molecule has 0 saturated heterocycles. The van der Waals surface area contributed by atoms with Gasteiger partial charge < -0.3 is 22.3 Å². The summed E-state index contributed by atoms with van der Waals surface area (Å²) >= 11 is 0. The third-order valence-corrected chi connectivity index (χ3v) is 2.28. The average molecular weight is 260 g/mol. The highest BCUT2D eigenvalue weighted by Gasteiger charge is 2.15. The monoisotopic (exact) mass is 260 g/mol. The van der Waals surface area contributed by atoms with E-state index in [-0.39, 0.29) is 5.96 Å². The topological polar surface area (TPSA) is 152 Å². The number of hydrazine groups is 1. The number of nitrogens with zero attached hydrogens (tertiary/aromatic N) is 1. The van der Waals surface area contributed by atoms with Gasteiger partial charge in [0.2, 0.25) is 0 Å². The summed E-state index contributed by atoms with van der Waals surface area (Å²) in [7, 11) is 0. The molecule has 106 valence electrons. The maximum absolute atomic E-state index is 10.9. The lowest BCUT2D eigenvalue weighted by Crippen LogP contribution is -2.46. The lowest BCUT2D eigenvalue weighted by molar-refractivity contribution is -0.140. The predicted octanol–water partition coefficient (Wildman–Crippen LogP) is -1.67. The number of unbranched alkanes of at least 4 members (excludes halogenated alkanes) is 1. The van der Waals surface area contributed by atoms with Gasteiger partial charge in [0.1, 0.15) is 6.04 Å². The minimum absolute atomic E-state index is 0.0229. The van der Waals surface area contributed by atoms with Gasteiger partial charge in [-0.1, -0.05) is 0 Å². The highest BCUT2D eigenvalue weighted by molar-refractivity contribution is 5.75. The van der Waals surface area contributed by atoms with E-state index in [1.54, 1.807) is 0 Å². The molecule has 0 saturated carbocycles. The minimum Gasteiger partial charge on any atom is -0.480 e. The van der Waals surface area contributed by atoms with E-state index in [0.717, 1.165) is 12.8 Å². The van der Waals surface area contributed by atoms with Crippen molar-refractivity contribution in [1.29, 1.82) is 0 Å².